The van der Waals surface area contributed by atoms with Crippen LogP contribution in [0.25, 0.3) is 0 Å². The summed E-state index contributed by atoms with van der Waals surface area (Å²) in [6.45, 7) is 0.836. The molecule has 0 heterocycles. The summed E-state index contributed by atoms with van der Waals surface area (Å²) >= 11 is 0. The van der Waals surface area contributed by atoms with Gasteiger partial charge < -0.3 is 20.5 Å². The summed E-state index contributed by atoms with van der Waals surface area (Å²) in [5.41, 5.74) is 4.79. The highest BCUT2D eigenvalue weighted by Gasteiger charge is 2.34. The lowest BCUT2D eigenvalue weighted by Gasteiger charge is -2.35. The van der Waals surface area contributed by atoms with Crippen molar-refractivity contribution in [3.63, 3.8) is 0 Å². The van der Waals surface area contributed by atoms with Crippen LogP contribution in [0.3, 0.4) is 0 Å². The third-order valence-electron chi connectivity index (χ3n) is 5.01. The topological polar surface area (TPSA) is 73.6 Å². The van der Waals surface area contributed by atoms with Crippen LogP contribution in [0, 0.1) is 5.41 Å². The first kappa shape index (κ1) is 21.5. The van der Waals surface area contributed by atoms with Gasteiger partial charge in [-0.3, -0.25) is 4.79 Å². The van der Waals surface area contributed by atoms with Crippen LogP contribution in [0.15, 0.2) is 18.2 Å². The Morgan fingerprint density at radius 2 is 1.93 bits per heavy atom. The Labute approximate surface area is 157 Å². The molecule has 0 radical (unpaired) electrons. The van der Waals surface area contributed by atoms with Crippen LogP contribution in [0.2, 0.25) is 0 Å². The van der Waals surface area contributed by atoms with E-state index in [0.29, 0.717) is 6.54 Å². The van der Waals surface area contributed by atoms with E-state index in [-0.39, 0.29) is 42.4 Å². The molecule has 0 saturated heterocycles. The molecular formula is C19H27F3N2O3. The summed E-state index contributed by atoms with van der Waals surface area (Å²) in [6, 6.07) is 3.05. The number of methoxy groups -OCH3 is 1. The molecule has 0 spiro atoms. The fourth-order valence-corrected chi connectivity index (χ4v) is 3.45. The van der Waals surface area contributed by atoms with Crippen LogP contribution < -0.4 is 15.8 Å². The normalized spacial score (nSPS) is 16.8. The van der Waals surface area contributed by atoms with Gasteiger partial charge >= 0.3 is 6.18 Å². The number of ether oxygens (including phenoxy) is 2. The number of nitrogens with two attached hydrogens (primary N) is 1. The van der Waals surface area contributed by atoms with E-state index in [1.54, 1.807) is 0 Å². The predicted octanol–water partition coefficient (Wildman–Crippen LogP) is 3.97. The summed E-state index contributed by atoms with van der Waals surface area (Å²) in [6.07, 6.45) is 0.546. The van der Waals surface area contributed by atoms with Crippen LogP contribution in [-0.2, 0) is 15.7 Å². The average molecular weight is 388 g/mol. The number of rotatable bonds is 8. The van der Waals surface area contributed by atoms with E-state index >= 15 is 0 Å². The van der Waals surface area contributed by atoms with Gasteiger partial charge in [-0.25, -0.2) is 0 Å². The maximum absolute atomic E-state index is 13.0. The molecule has 1 fully saturated rings. The molecule has 5 nitrogen and oxygen atoms in total. The molecule has 0 bridgehead atoms. The first-order valence-electron chi connectivity index (χ1n) is 9.12. The van der Waals surface area contributed by atoms with Gasteiger partial charge in [0.1, 0.15) is 12.4 Å². The maximum atomic E-state index is 13.0. The molecule has 1 aromatic rings. The Balaban J connectivity index is 2.16. The van der Waals surface area contributed by atoms with Crippen molar-refractivity contribution in [2.45, 2.75) is 44.7 Å². The Morgan fingerprint density at radius 1 is 1.22 bits per heavy atom. The molecule has 27 heavy (non-hydrogen) atoms. The van der Waals surface area contributed by atoms with E-state index in [2.05, 4.69) is 5.32 Å². The van der Waals surface area contributed by atoms with Gasteiger partial charge in [-0.15, -0.1) is 0 Å². The highest BCUT2D eigenvalue weighted by molar-refractivity contribution is 5.92. The molecule has 0 unspecified atom stereocenters. The van der Waals surface area contributed by atoms with Crippen molar-refractivity contribution < 1.29 is 27.4 Å². The summed E-state index contributed by atoms with van der Waals surface area (Å²) in [7, 11) is 1.50. The molecular weight excluding hydrogens is 361 g/mol. The zero-order chi connectivity index (χ0) is 19.9. The van der Waals surface area contributed by atoms with Gasteiger partial charge in [-0.1, -0.05) is 19.3 Å². The highest BCUT2D eigenvalue weighted by Crippen LogP contribution is 2.39. The van der Waals surface area contributed by atoms with Crippen molar-refractivity contribution in [1.82, 2.24) is 0 Å². The minimum Gasteiger partial charge on any atom is -0.489 e. The fourth-order valence-electron chi connectivity index (χ4n) is 3.45. The van der Waals surface area contributed by atoms with Crippen LogP contribution in [0.1, 0.15) is 44.1 Å². The Bertz CT molecular complexity index is 629. The SMILES string of the molecule is COCCOc1ccc(C(F)(F)F)cc1NC(=O)CC1(CN)CCCCC1. The minimum atomic E-state index is -4.51. The summed E-state index contributed by atoms with van der Waals surface area (Å²) < 4.78 is 49.5. The monoisotopic (exact) mass is 388 g/mol. The molecule has 1 amide bonds. The van der Waals surface area contributed by atoms with E-state index in [1.165, 1.54) is 13.2 Å². The lowest BCUT2D eigenvalue weighted by atomic mass is 9.71. The molecule has 152 valence electrons. The molecule has 1 saturated carbocycles. The minimum absolute atomic E-state index is 0.00825. The maximum Gasteiger partial charge on any atom is 0.416 e. The van der Waals surface area contributed by atoms with Gasteiger partial charge in [-0.2, -0.15) is 13.2 Å². The molecule has 0 atom stereocenters. The van der Waals surface area contributed by atoms with Crippen LogP contribution in [-0.4, -0.2) is 32.8 Å². The van der Waals surface area contributed by atoms with Gasteiger partial charge in [0, 0.05) is 13.5 Å². The molecule has 1 aromatic carbocycles. The quantitative estimate of drug-likeness (QED) is 0.661. The van der Waals surface area contributed by atoms with Crippen LogP contribution >= 0.6 is 0 Å². The van der Waals surface area contributed by atoms with Gasteiger partial charge in [0.25, 0.3) is 0 Å². The molecule has 8 heteroatoms. The van der Waals surface area contributed by atoms with E-state index in [0.717, 1.165) is 44.2 Å². The predicted molar refractivity (Wildman–Crippen MR) is 96.6 cm³/mol. The van der Waals surface area contributed by atoms with E-state index < -0.39 is 11.7 Å². The first-order valence-corrected chi connectivity index (χ1v) is 9.12. The van der Waals surface area contributed by atoms with E-state index in [1.807, 2.05) is 0 Å². The summed E-state index contributed by atoms with van der Waals surface area (Å²) in [5, 5.41) is 2.60. The number of benzene rings is 1. The Hall–Kier alpha value is -1.80. The lowest BCUT2D eigenvalue weighted by Crippen LogP contribution is -2.36. The zero-order valence-electron chi connectivity index (χ0n) is 15.5. The van der Waals surface area contributed by atoms with Gasteiger partial charge in [0.2, 0.25) is 5.91 Å². The molecule has 2 rings (SSSR count). The number of alkyl halides is 3. The number of halogens is 3. The standard InChI is InChI=1S/C19H27F3N2O3/c1-26-9-10-27-16-6-5-14(19(20,21)22)11-15(16)24-17(25)12-18(13-23)7-3-2-4-8-18/h5-6,11H,2-4,7-10,12-13,23H2,1H3,(H,24,25). The largest absolute Gasteiger partial charge is 0.489 e. The number of nitrogens with one attached hydrogen (secondary N) is 1. The van der Waals surface area contributed by atoms with E-state index in [9.17, 15) is 18.0 Å². The third-order valence-corrected chi connectivity index (χ3v) is 5.01. The van der Waals surface area contributed by atoms with Gasteiger partial charge in [0.15, 0.2) is 0 Å². The molecule has 1 aliphatic carbocycles. The van der Waals surface area contributed by atoms with Crippen molar-refractivity contribution >= 4 is 11.6 Å². The number of carbonyl (C=O) groups is 1. The van der Waals surface area contributed by atoms with Crippen LogP contribution in [0.5, 0.6) is 5.75 Å². The summed E-state index contributed by atoms with van der Waals surface area (Å²) in [4.78, 5) is 12.6. The lowest BCUT2D eigenvalue weighted by molar-refractivity contribution is -0.137. The smallest absolute Gasteiger partial charge is 0.416 e. The number of carbonyl (C=O) groups excluding carboxylic acids is 1. The number of hydrogen-bond acceptors (Lipinski definition) is 4. The molecule has 3 N–H and O–H groups in total. The Kier molecular flexibility index (Phi) is 7.49. The first-order chi connectivity index (χ1) is 12.8. The number of amides is 1. The average Bonchev–Trinajstić information content (AvgIpc) is 2.63. The van der Waals surface area contributed by atoms with Crippen molar-refractivity contribution in [2.24, 2.45) is 11.1 Å². The van der Waals surface area contributed by atoms with Crippen molar-refractivity contribution in [3.05, 3.63) is 23.8 Å². The third kappa shape index (κ3) is 6.10. The summed E-state index contributed by atoms with van der Waals surface area (Å²) in [5.74, 6) is -0.169. The number of anilines is 1. The molecule has 0 aromatic heterocycles. The van der Waals surface area contributed by atoms with Crippen molar-refractivity contribution in [3.8, 4) is 5.75 Å². The Morgan fingerprint density at radius 3 is 2.52 bits per heavy atom. The molecule has 0 aliphatic heterocycles. The number of hydrogen-bond donors (Lipinski definition) is 2. The second-order valence-corrected chi connectivity index (χ2v) is 7.04. The van der Waals surface area contributed by atoms with Crippen LogP contribution in [0.4, 0.5) is 18.9 Å². The second-order valence-electron chi connectivity index (χ2n) is 7.04. The highest BCUT2D eigenvalue weighted by atomic mass is 19.4. The fraction of sp³-hybridized carbons (Fsp3) is 0.632. The van der Waals surface area contributed by atoms with Crippen molar-refractivity contribution in [2.75, 3.05) is 32.2 Å². The molecule has 1 aliphatic rings. The second kappa shape index (κ2) is 9.41. The van der Waals surface area contributed by atoms with E-state index in [4.69, 9.17) is 15.2 Å². The van der Waals surface area contributed by atoms with Gasteiger partial charge in [-0.05, 0) is 43.0 Å². The zero-order valence-corrected chi connectivity index (χ0v) is 15.5. The van der Waals surface area contributed by atoms with Gasteiger partial charge in [0.05, 0.1) is 17.9 Å². The van der Waals surface area contributed by atoms with Crippen molar-refractivity contribution in [1.29, 1.82) is 0 Å².